The third kappa shape index (κ3) is 4.63. The summed E-state index contributed by atoms with van der Waals surface area (Å²) in [5.41, 5.74) is 0.288. The first-order chi connectivity index (χ1) is 12.7. The number of piperidine rings is 1. The molecule has 0 spiro atoms. The van der Waals surface area contributed by atoms with Gasteiger partial charge in [0.1, 0.15) is 0 Å². The van der Waals surface area contributed by atoms with E-state index in [1.54, 1.807) is 0 Å². The minimum atomic E-state index is -3.77. The molecule has 6 nitrogen and oxygen atoms in total. The maximum Gasteiger partial charge on any atom is 0.261 e. The predicted molar refractivity (Wildman–Crippen MR) is 106 cm³/mol. The quantitative estimate of drug-likeness (QED) is 0.789. The summed E-state index contributed by atoms with van der Waals surface area (Å²) in [4.78, 5) is 0.233. The molecule has 1 saturated heterocycles. The molecule has 3 rings (SSSR count). The molecule has 0 aromatic heterocycles. The highest BCUT2D eigenvalue weighted by Crippen LogP contribution is 2.25. The zero-order valence-corrected chi connectivity index (χ0v) is 17.2. The highest BCUT2D eigenvalue weighted by atomic mass is 35.5. The van der Waals surface area contributed by atoms with Crippen LogP contribution in [0.25, 0.3) is 0 Å². The Labute approximate surface area is 165 Å². The van der Waals surface area contributed by atoms with Crippen LogP contribution in [-0.4, -0.2) is 34.2 Å². The maximum atomic E-state index is 12.8. The summed E-state index contributed by atoms with van der Waals surface area (Å²) in [7, 11) is -7.35. The van der Waals surface area contributed by atoms with Crippen molar-refractivity contribution in [1.29, 1.82) is 0 Å². The number of sulfonamides is 2. The molecule has 146 valence electrons. The number of rotatable bonds is 5. The van der Waals surface area contributed by atoms with Crippen molar-refractivity contribution in [3.05, 3.63) is 53.6 Å². The fourth-order valence-electron chi connectivity index (χ4n) is 3.04. The van der Waals surface area contributed by atoms with Crippen molar-refractivity contribution in [2.75, 3.05) is 17.8 Å². The Hall–Kier alpha value is -1.61. The van der Waals surface area contributed by atoms with Crippen molar-refractivity contribution in [2.45, 2.75) is 29.6 Å². The van der Waals surface area contributed by atoms with Crippen LogP contribution in [0.5, 0.6) is 0 Å². The Balaban J connectivity index is 1.78. The fourth-order valence-corrected chi connectivity index (χ4v) is 5.82. The molecule has 2 aromatic rings. The van der Waals surface area contributed by atoms with Gasteiger partial charge in [-0.25, -0.2) is 16.8 Å². The molecular weight excluding hydrogens is 408 g/mol. The zero-order chi connectivity index (χ0) is 19.7. The third-order valence-electron chi connectivity index (χ3n) is 4.49. The van der Waals surface area contributed by atoms with E-state index in [9.17, 15) is 16.8 Å². The molecule has 0 radical (unpaired) electrons. The molecular formula is C18H21ClN2O4S2. The second-order valence-corrected chi connectivity index (χ2v) is 10.8. The van der Waals surface area contributed by atoms with E-state index in [-0.39, 0.29) is 15.5 Å². The van der Waals surface area contributed by atoms with Crippen LogP contribution in [0, 0.1) is 5.92 Å². The first-order valence-corrected chi connectivity index (χ1v) is 11.9. The van der Waals surface area contributed by atoms with Gasteiger partial charge in [0.05, 0.1) is 9.79 Å². The van der Waals surface area contributed by atoms with Gasteiger partial charge in [-0.05, 0) is 67.3 Å². The normalized spacial score (nSPS) is 19.0. The van der Waals surface area contributed by atoms with Crippen LogP contribution in [0.15, 0.2) is 58.3 Å². The first kappa shape index (κ1) is 20.1. The summed E-state index contributed by atoms with van der Waals surface area (Å²) < 4.78 is 54.2. The van der Waals surface area contributed by atoms with Crippen LogP contribution in [-0.2, 0) is 20.0 Å². The summed E-state index contributed by atoms with van der Waals surface area (Å²) in [5, 5.41) is 0.440. The number of anilines is 1. The van der Waals surface area contributed by atoms with Crippen molar-refractivity contribution < 1.29 is 16.8 Å². The van der Waals surface area contributed by atoms with Gasteiger partial charge in [-0.3, -0.25) is 4.72 Å². The molecule has 1 fully saturated rings. The lowest BCUT2D eigenvalue weighted by Gasteiger charge is -2.30. The molecule has 0 amide bonds. The van der Waals surface area contributed by atoms with Gasteiger partial charge in [0.25, 0.3) is 10.0 Å². The van der Waals surface area contributed by atoms with Crippen molar-refractivity contribution in [1.82, 2.24) is 4.31 Å². The minimum absolute atomic E-state index is 0.0749. The lowest BCUT2D eigenvalue weighted by atomic mass is 10.0. The third-order valence-corrected chi connectivity index (χ3v) is 8.02. The summed E-state index contributed by atoms with van der Waals surface area (Å²) in [6.07, 6.45) is 1.87. The molecule has 0 saturated carbocycles. The Morgan fingerprint density at radius 2 is 1.56 bits per heavy atom. The molecule has 1 heterocycles. The average Bonchev–Trinajstić information content (AvgIpc) is 2.62. The minimum Gasteiger partial charge on any atom is -0.280 e. The standard InChI is InChI=1S/C18H21ClN2O4S2/c1-14-3-2-12-21(13-14)27(24,25)18-10-6-16(7-11-18)20-26(22,23)17-8-4-15(19)5-9-17/h4-11,14,20H,2-3,12-13H2,1H3/t14-/m1/s1. The topological polar surface area (TPSA) is 83.6 Å². The largest absolute Gasteiger partial charge is 0.280 e. The highest BCUT2D eigenvalue weighted by molar-refractivity contribution is 7.92. The highest BCUT2D eigenvalue weighted by Gasteiger charge is 2.28. The molecule has 27 heavy (non-hydrogen) atoms. The van der Waals surface area contributed by atoms with Crippen molar-refractivity contribution in [3.8, 4) is 0 Å². The van der Waals surface area contributed by atoms with E-state index in [1.165, 1.54) is 52.8 Å². The monoisotopic (exact) mass is 428 g/mol. The molecule has 0 aliphatic carbocycles. The van der Waals surface area contributed by atoms with Gasteiger partial charge in [-0.1, -0.05) is 18.5 Å². The number of halogens is 1. The first-order valence-electron chi connectivity index (χ1n) is 8.57. The molecule has 1 aliphatic heterocycles. The van der Waals surface area contributed by atoms with Gasteiger partial charge in [-0.2, -0.15) is 4.31 Å². The zero-order valence-electron chi connectivity index (χ0n) is 14.8. The van der Waals surface area contributed by atoms with Crippen molar-refractivity contribution in [2.24, 2.45) is 5.92 Å². The van der Waals surface area contributed by atoms with Crippen LogP contribution in [0.2, 0.25) is 5.02 Å². The molecule has 1 aliphatic rings. The summed E-state index contributed by atoms with van der Waals surface area (Å²) >= 11 is 5.78. The Morgan fingerprint density at radius 1 is 0.963 bits per heavy atom. The average molecular weight is 429 g/mol. The lowest BCUT2D eigenvalue weighted by molar-refractivity contribution is 0.281. The Kier molecular flexibility index (Phi) is 5.81. The predicted octanol–water partition coefficient (Wildman–Crippen LogP) is 3.56. The van der Waals surface area contributed by atoms with E-state index in [0.717, 1.165) is 12.8 Å². The molecule has 9 heteroatoms. The van der Waals surface area contributed by atoms with E-state index < -0.39 is 20.0 Å². The van der Waals surface area contributed by atoms with Crippen LogP contribution in [0.4, 0.5) is 5.69 Å². The van der Waals surface area contributed by atoms with Crippen LogP contribution in [0.1, 0.15) is 19.8 Å². The second-order valence-electron chi connectivity index (χ2n) is 6.69. The van der Waals surface area contributed by atoms with Gasteiger partial charge >= 0.3 is 0 Å². The van der Waals surface area contributed by atoms with E-state index >= 15 is 0 Å². The van der Waals surface area contributed by atoms with Crippen LogP contribution in [0.3, 0.4) is 0 Å². The number of nitrogens with one attached hydrogen (secondary N) is 1. The summed E-state index contributed by atoms with van der Waals surface area (Å²) in [6.45, 7) is 3.06. The molecule has 1 atom stereocenters. The van der Waals surface area contributed by atoms with E-state index in [0.29, 0.717) is 24.0 Å². The van der Waals surface area contributed by atoms with Gasteiger partial charge in [0, 0.05) is 23.8 Å². The van der Waals surface area contributed by atoms with Crippen molar-refractivity contribution >= 4 is 37.3 Å². The summed E-state index contributed by atoms with van der Waals surface area (Å²) in [6, 6.07) is 11.5. The number of hydrogen-bond acceptors (Lipinski definition) is 4. The van der Waals surface area contributed by atoms with E-state index in [1.807, 2.05) is 6.92 Å². The Morgan fingerprint density at radius 3 is 2.15 bits per heavy atom. The van der Waals surface area contributed by atoms with Crippen molar-refractivity contribution in [3.63, 3.8) is 0 Å². The van der Waals surface area contributed by atoms with Crippen LogP contribution >= 0.6 is 11.6 Å². The lowest BCUT2D eigenvalue weighted by Crippen LogP contribution is -2.39. The molecule has 0 bridgehead atoms. The molecule has 2 aromatic carbocycles. The maximum absolute atomic E-state index is 12.8. The Bertz CT molecular complexity index is 1000. The van der Waals surface area contributed by atoms with Crippen LogP contribution < -0.4 is 4.72 Å². The van der Waals surface area contributed by atoms with Gasteiger partial charge < -0.3 is 0 Å². The number of benzene rings is 2. The number of nitrogens with zero attached hydrogens (tertiary/aromatic N) is 1. The summed E-state index contributed by atoms with van der Waals surface area (Å²) in [5.74, 6) is 0.332. The second kappa shape index (κ2) is 7.79. The van der Waals surface area contributed by atoms with Gasteiger partial charge in [0.2, 0.25) is 10.0 Å². The van der Waals surface area contributed by atoms with Gasteiger partial charge in [0.15, 0.2) is 0 Å². The molecule has 0 unspecified atom stereocenters. The van der Waals surface area contributed by atoms with E-state index in [4.69, 9.17) is 11.6 Å². The SMILES string of the molecule is C[C@@H]1CCCN(S(=O)(=O)c2ccc(NS(=O)(=O)c3ccc(Cl)cc3)cc2)C1. The molecule has 1 N–H and O–H groups in total. The van der Waals surface area contributed by atoms with E-state index in [2.05, 4.69) is 4.72 Å². The number of hydrogen-bond donors (Lipinski definition) is 1. The smallest absolute Gasteiger partial charge is 0.261 e. The van der Waals surface area contributed by atoms with Gasteiger partial charge in [-0.15, -0.1) is 0 Å². The fraction of sp³-hybridized carbons (Fsp3) is 0.333.